The van der Waals surface area contributed by atoms with Crippen LogP contribution in [0.5, 0.6) is 0 Å². The van der Waals surface area contributed by atoms with Crippen LogP contribution in [0.15, 0.2) is 39.5 Å². The molecule has 35 heavy (non-hydrogen) atoms. The highest BCUT2D eigenvalue weighted by atomic mass is 32.2. The van der Waals surface area contributed by atoms with E-state index in [1.807, 2.05) is 0 Å². The van der Waals surface area contributed by atoms with Crippen molar-refractivity contribution in [3.8, 4) is 0 Å². The molecule has 5 rings (SSSR count). The number of benzene rings is 1. The van der Waals surface area contributed by atoms with Gasteiger partial charge in [-0.25, -0.2) is 17.5 Å². The van der Waals surface area contributed by atoms with Crippen molar-refractivity contribution in [1.82, 2.24) is 8.72 Å². The normalized spacial score (nSPS) is 32.5. The summed E-state index contributed by atoms with van der Waals surface area (Å²) < 4.78 is 66.0. The van der Waals surface area contributed by atoms with Gasteiger partial charge < -0.3 is 14.8 Å². The predicted octanol–water partition coefficient (Wildman–Crippen LogP) is 1.24. The molecule has 0 saturated carbocycles. The number of amides is 2. The molecule has 4 aliphatic rings. The molecule has 4 heterocycles. The molecule has 4 aliphatic heterocycles. The smallest absolute Gasteiger partial charge is 0.424 e. The van der Waals surface area contributed by atoms with Gasteiger partial charge in [-0.05, 0) is 51.5 Å². The Bertz CT molecular complexity index is 1340. The van der Waals surface area contributed by atoms with Crippen LogP contribution in [-0.4, -0.2) is 78.7 Å². The quantitative estimate of drug-likeness (QED) is 0.613. The van der Waals surface area contributed by atoms with E-state index in [2.05, 4.69) is 15.7 Å². The molecule has 15 heteroatoms. The van der Waals surface area contributed by atoms with Gasteiger partial charge in [0.25, 0.3) is 10.0 Å². The Balaban J connectivity index is 1.42. The molecular weight excluding hydrogens is 502 g/mol. The number of nitrogens with one attached hydrogen (secondary N) is 1. The van der Waals surface area contributed by atoms with Gasteiger partial charge in [-0.15, -0.1) is 0 Å². The second-order valence-electron chi connectivity index (χ2n) is 9.99. The third-order valence-electron chi connectivity index (χ3n) is 6.46. The zero-order valence-electron chi connectivity index (χ0n) is 19.4. The molecule has 3 saturated heterocycles. The number of hydrogen-bond acceptors (Lipinski definition) is 10. The lowest BCUT2D eigenvalue weighted by atomic mass is 9.81. The zero-order valence-corrected chi connectivity index (χ0v) is 21.0. The average molecular weight is 528 g/mol. The van der Waals surface area contributed by atoms with E-state index in [9.17, 15) is 26.4 Å². The van der Waals surface area contributed by atoms with Gasteiger partial charge in [0.2, 0.25) is 15.9 Å². The highest BCUT2D eigenvalue weighted by Gasteiger charge is 2.77. The largest absolute Gasteiger partial charge is 0.443 e. The van der Waals surface area contributed by atoms with Crippen molar-refractivity contribution in [2.24, 2.45) is 10.3 Å². The van der Waals surface area contributed by atoms with Crippen LogP contribution >= 0.6 is 0 Å². The second-order valence-corrected chi connectivity index (χ2v) is 13.8. The third-order valence-corrected chi connectivity index (χ3v) is 10.3. The van der Waals surface area contributed by atoms with Crippen LogP contribution in [0.3, 0.4) is 0 Å². The fraction of sp³-hybridized carbons (Fsp3) is 0.600. The molecule has 0 unspecified atom stereocenters. The van der Waals surface area contributed by atoms with E-state index in [1.165, 1.54) is 31.2 Å². The van der Waals surface area contributed by atoms with E-state index in [1.54, 1.807) is 20.8 Å². The summed E-state index contributed by atoms with van der Waals surface area (Å²) >= 11 is 0. The molecule has 3 fully saturated rings. The van der Waals surface area contributed by atoms with E-state index in [-0.39, 0.29) is 23.8 Å². The number of sulfonamides is 2. The van der Waals surface area contributed by atoms with E-state index < -0.39 is 60.8 Å². The van der Waals surface area contributed by atoms with Gasteiger partial charge in [-0.3, -0.25) is 4.79 Å². The summed E-state index contributed by atoms with van der Waals surface area (Å²) in [6, 6.07) is 3.83. The maximum Gasteiger partial charge on any atom is 0.424 e. The Kier molecular flexibility index (Phi) is 5.04. The van der Waals surface area contributed by atoms with Crippen LogP contribution in [0.25, 0.3) is 0 Å². The number of hydrogen-bond donors (Lipinski definition) is 1. The van der Waals surface area contributed by atoms with Crippen LogP contribution < -0.4 is 5.32 Å². The number of ether oxygens (including phenoxy) is 2. The van der Waals surface area contributed by atoms with Crippen LogP contribution in [0.2, 0.25) is 0 Å². The Morgan fingerprint density at radius 3 is 2.49 bits per heavy atom. The van der Waals surface area contributed by atoms with Crippen molar-refractivity contribution >= 4 is 37.7 Å². The van der Waals surface area contributed by atoms with Crippen LogP contribution in [-0.2, 0) is 34.3 Å². The fourth-order valence-corrected chi connectivity index (χ4v) is 8.71. The van der Waals surface area contributed by atoms with Crippen LogP contribution in [0.1, 0.15) is 34.1 Å². The fourth-order valence-electron chi connectivity index (χ4n) is 5.16. The Labute approximate surface area is 202 Å². The first kappa shape index (κ1) is 23.9. The van der Waals surface area contributed by atoms with E-state index >= 15 is 0 Å². The summed E-state index contributed by atoms with van der Waals surface area (Å²) in [4.78, 5) is 23.8. The van der Waals surface area contributed by atoms with Crippen LogP contribution in [0, 0.1) is 0 Å². The first-order chi connectivity index (χ1) is 16.2. The monoisotopic (exact) mass is 527 g/mol. The van der Waals surface area contributed by atoms with Crippen molar-refractivity contribution in [3.05, 3.63) is 24.3 Å². The van der Waals surface area contributed by atoms with Crippen LogP contribution in [0.4, 0.5) is 10.5 Å². The Morgan fingerprint density at radius 1 is 1.23 bits per heavy atom. The molecule has 13 nitrogen and oxygen atoms in total. The van der Waals surface area contributed by atoms with E-state index in [0.717, 1.165) is 4.41 Å². The molecule has 2 bridgehead atoms. The minimum Gasteiger partial charge on any atom is -0.443 e. The summed E-state index contributed by atoms with van der Waals surface area (Å²) in [5, 5.41) is 9.53. The van der Waals surface area contributed by atoms with Gasteiger partial charge in [-0.1, -0.05) is 5.22 Å². The van der Waals surface area contributed by atoms with E-state index in [4.69, 9.17) is 9.47 Å². The van der Waals surface area contributed by atoms with Gasteiger partial charge in [-0.2, -0.15) is 17.9 Å². The lowest BCUT2D eigenvalue weighted by Gasteiger charge is -2.30. The summed E-state index contributed by atoms with van der Waals surface area (Å²) in [5.74, 6) is -0.295. The lowest BCUT2D eigenvalue weighted by Crippen LogP contribution is -2.55. The molecule has 1 spiro atoms. The minimum absolute atomic E-state index is 0.00132. The highest BCUT2D eigenvalue weighted by Crippen LogP contribution is 2.57. The summed E-state index contributed by atoms with van der Waals surface area (Å²) in [6.07, 6.45) is -1.77. The molecule has 0 aromatic heterocycles. The molecule has 5 atom stereocenters. The number of carbonyl (C=O) groups is 2. The highest BCUT2D eigenvalue weighted by molar-refractivity contribution is 7.90. The summed E-state index contributed by atoms with van der Waals surface area (Å²) in [7, 11) is -8.25. The number of fused-ring (bicyclic) bond motifs is 3. The van der Waals surface area contributed by atoms with Gasteiger partial charge in [0.05, 0.1) is 17.5 Å². The Morgan fingerprint density at radius 2 is 1.89 bits per heavy atom. The van der Waals surface area contributed by atoms with Crippen molar-refractivity contribution in [2.45, 2.75) is 73.7 Å². The number of carbonyl (C=O) groups excluding carboxylic acids is 2. The first-order valence-corrected chi connectivity index (χ1v) is 13.9. The summed E-state index contributed by atoms with van der Waals surface area (Å²) in [6.45, 7) is 5.89. The van der Waals surface area contributed by atoms with Crippen molar-refractivity contribution < 1.29 is 35.9 Å². The van der Waals surface area contributed by atoms with Crippen molar-refractivity contribution in [2.75, 3.05) is 11.9 Å². The standard InChI is InChI=1S/C20H25N5O8S2/c1-11(26)21-12-5-7-13(8-6-12)34(28,29)25-16-14-9-15-20(32-14,17(16)22-23-25)10-24(35(15,30)31)18(27)33-19(2,3)4/h5-8,14-17H,9-10H2,1-4H3,(H,21,26)/t14-,15+,16+,17+,20+/m1/s1. The van der Waals surface area contributed by atoms with Gasteiger partial charge in [0, 0.05) is 12.6 Å². The molecule has 0 radical (unpaired) electrons. The van der Waals surface area contributed by atoms with Gasteiger partial charge in [0.15, 0.2) is 0 Å². The zero-order chi connectivity index (χ0) is 25.6. The van der Waals surface area contributed by atoms with Crippen molar-refractivity contribution in [1.29, 1.82) is 0 Å². The Hall–Kier alpha value is -2.78. The average Bonchev–Trinajstić information content (AvgIpc) is 3.44. The van der Waals surface area contributed by atoms with Gasteiger partial charge in [0.1, 0.15) is 28.5 Å². The van der Waals surface area contributed by atoms with E-state index in [0.29, 0.717) is 9.99 Å². The lowest BCUT2D eigenvalue weighted by molar-refractivity contribution is -0.114. The maximum atomic E-state index is 13.4. The molecule has 1 aromatic rings. The van der Waals surface area contributed by atoms with Crippen molar-refractivity contribution in [3.63, 3.8) is 0 Å². The maximum absolute atomic E-state index is 13.4. The first-order valence-electron chi connectivity index (χ1n) is 10.9. The molecule has 1 aromatic carbocycles. The molecule has 2 amide bonds. The number of anilines is 1. The SMILES string of the molecule is CC(=O)Nc1ccc(S(=O)(=O)N2N=N[C@H]3[C@@H]2[C@H]2C[C@H]4[C@]3(CN(C(=O)OC(C)(C)C)S4(=O)=O)O2)cc1. The van der Waals surface area contributed by atoms with Gasteiger partial charge >= 0.3 is 6.09 Å². The third kappa shape index (κ3) is 3.50. The molecular formula is C20H25N5O8S2. The summed E-state index contributed by atoms with van der Waals surface area (Å²) in [5.41, 5.74) is -1.88. The predicted molar refractivity (Wildman–Crippen MR) is 120 cm³/mol. The molecule has 1 N–H and O–H groups in total. The topological polar surface area (TPSA) is 164 Å². The number of rotatable bonds is 3. The molecule has 190 valence electrons. The second kappa shape index (κ2) is 7.36. The number of nitrogens with zero attached hydrogens (tertiary/aromatic N) is 4. The molecule has 0 aliphatic carbocycles. The minimum atomic E-state index is -4.15.